The summed E-state index contributed by atoms with van der Waals surface area (Å²) in [5.74, 6) is -0.583. The van der Waals surface area contributed by atoms with Crippen LogP contribution < -0.4 is 10.6 Å². The van der Waals surface area contributed by atoms with Gasteiger partial charge in [-0.25, -0.2) is 4.79 Å². The summed E-state index contributed by atoms with van der Waals surface area (Å²) >= 11 is 1.55. The van der Waals surface area contributed by atoms with Crippen LogP contribution in [0.3, 0.4) is 0 Å². The van der Waals surface area contributed by atoms with Crippen molar-refractivity contribution in [2.24, 2.45) is 0 Å². The summed E-state index contributed by atoms with van der Waals surface area (Å²) in [7, 11) is 1.33. The number of carbonyl (C=O) groups is 2. The summed E-state index contributed by atoms with van der Waals surface area (Å²) in [6.07, 6.45) is 1.86. The Morgan fingerprint density at radius 1 is 1.35 bits per heavy atom. The van der Waals surface area contributed by atoms with E-state index in [9.17, 15) is 9.59 Å². The topological polar surface area (TPSA) is 67.4 Å². The van der Waals surface area contributed by atoms with Gasteiger partial charge in [-0.3, -0.25) is 4.79 Å². The molecule has 1 aromatic carbocycles. The van der Waals surface area contributed by atoms with Crippen molar-refractivity contribution in [3.63, 3.8) is 0 Å². The number of carbonyl (C=O) groups excluding carboxylic acids is 2. The van der Waals surface area contributed by atoms with Gasteiger partial charge in [0.2, 0.25) is 0 Å². The number of rotatable bonds is 3. The molecule has 2 rings (SSSR count). The fourth-order valence-corrected chi connectivity index (χ4v) is 2.69. The predicted molar refractivity (Wildman–Crippen MR) is 78.3 cm³/mol. The lowest BCUT2D eigenvalue weighted by Gasteiger charge is -2.14. The van der Waals surface area contributed by atoms with Gasteiger partial charge >= 0.3 is 5.97 Å². The van der Waals surface area contributed by atoms with Crippen molar-refractivity contribution in [2.75, 3.05) is 7.11 Å². The highest BCUT2D eigenvalue weighted by molar-refractivity contribution is 8.03. The molecule has 5 nitrogen and oxygen atoms in total. The third kappa shape index (κ3) is 3.14. The number of thioether (sulfide) groups is 1. The first-order valence-electron chi connectivity index (χ1n) is 6.10. The minimum Gasteiger partial charge on any atom is -0.465 e. The van der Waals surface area contributed by atoms with E-state index in [1.807, 2.05) is 13.1 Å². The van der Waals surface area contributed by atoms with Gasteiger partial charge in [-0.1, -0.05) is 11.8 Å². The molecule has 0 spiro atoms. The number of amides is 1. The Hall–Kier alpha value is -1.95. The Morgan fingerprint density at radius 3 is 2.65 bits per heavy atom. The fraction of sp³-hybridized carbons (Fsp3) is 0.286. The maximum Gasteiger partial charge on any atom is 0.337 e. The zero-order valence-electron chi connectivity index (χ0n) is 11.5. The third-order valence-electron chi connectivity index (χ3n) is 2.90. The number of allylic oxidation sites excluding steroid dienone is 1. The van der Waals surface area contributed by atoms with Gasteiger partial charge in [-0.05, 0) is 37.6 Å². The largest absolute Gasteiger partial charge is 0.465 e. The van der Waals surface area contributed by atoms with Crippen LogP contribution in [-0.4, -0.2) is 24.5 Å². The zero-order valence-corrected chi connectivity index (χ0v) is 12.3. The van der Waals surface area contributed by atoms with Gasteiger partial charge in [0.05, 0.1) is 12.7 Å². The number of benzene rings is 1. The molecule has 0 saturated heterocycles. The van der Waals surface area contributed by atoms with E-state index in [0.717, 1.165) is 10.5 Å². The van der Waals surface area contributed by atoms with Crippen LogP contribution in [0.1, 0.15) is 33.2 Å². The molecule has 0 bridgehead atoms. The lowest BCUT2D eigenvalue weighted by Crippen LogP contribution is -2.38. The molecule has 1 unspecified atom stereocenters. The van der Waals surface area contributed by atoms with Crippen LogP contribution in [0.4, 0.5) is 0 Å². The molecule has 20 heavy (non-hydrogen) atoms. The molecule has 0 aromatic heterocycles. The molecular formula is C14H16N2O3S. The van der Waals surface area contributed by atoms with Crippen molar-refractivity contribution in [3.8, 4) is 0 Å². The normalized spacial score (nSPS) is 17.1. The summed E-state index contributed by atoms with van der Waals surface area (Å²) in [5, 5.41) is 5.93. The SMILES string of the molecule is COC(=O)c1ccc(C(=O)NC2NC=C(C)S2)c(C)c1. The monoisotopic (exact) mass is 292 g/mol. The van der Waals surface area contributed by atoms with Gasteiger partial charge in [-0.15, -0.1) is 0 Å². The summed E-state index contributed by atoms with van der Waals surface area (Å²) in [4.78, 5) is 24.7. The van der Waals surface area contributed by atoms with Crippen molar-refractivity contribution in [2.45, 2.75) is 19.3 Å². The molecule has 1 amide bonds. The molecule has 1 atom stereocenters. The van der Waals surface area contributed by atoms with Gasteiger partial charge < -0.3 is 15.4 Å². The van der Waals surface area contributed by atoms with Crippen LogP contribution in [-0.2, 0) is 4.74 Å². The first-order chi connectivity index (χ1) is 9.51. The standard InChI is InChI=1S/C14H16N2O3S/c1-8-6-10(13(18)19-3)4-5-11(8)12(17)16-14-15-7-9(2)20-14/h4-7,14-15H,1-3H3,(H,16,17). The first kappa shape index (κ1) is 14.5. The zero-order chi connectivity index (χ0) is 14.7. The third-order valence-corrected chi connectivity index (χ3v) is 3.88. The van der Waals surface area contributed by atoms with Crippen molar-refractivity contribution < 1.29 is 14.3 Å². The van der Waals surface area contributed by atoms with Gasteiger partial charge in [0, 0.05) is 16.7 Å². The Bertz CT molecular complexity index is 584. The Kier molecular flexibility index (Phi) is 4.34. The van der Waals surface area contributed by atoms with E-state index >= 15 is 0 Å². The summed E-state index contributed by atoms with van der Waals surface area (Å²) in [5.41, 5.74) is 1.57. The Morgan fingerprint density at radius 2 is 2.10 bits per heavy atom. The van der Waals surface area contributed by atoms with E-state index in [4.69, 9.17) is 0 Å². The van der Waals surface area contributed by atoms with E-state index in [1.165, 1.54) is 7.11 Å². The molecule has 106 valence electrons. The number of methoxy groups -OCH3 is 1. The lowest BCUT2D eigenvalue weighted by atomic mass is 10.0. The van der Waals surface area contributed by atoms with Gasteiger partial charge in [-0.2, -0.15) is 0 Å². The van der Waals surface area contributed by atoms with Crippen LogP contribution in [0, 0.1) is 6.92 Å². The average molecular weight is 292 g/mol. The fourth-order valence-electron chi connectivity index (χ4n) is 1.88. The van der Waals surface area contributed by atoms with Gasteiger partial charge in [0.25, 0.3) is 5.91 Å². The Labute approximate surface area is 121 Å². The van der Waals surface area contributed by atoms with E-state index in [-0.39, 0.29) is 11.4 Å². The van der Waals surface area contributed by atoms with E-state index in [2.05, 4.69) is 15.4 Å². The molecule has 0 aliphatic carbocycles. The minimum absolute atomic E-state index is 0.151. The number of esters is 1. The highest BCUT2D eigenvalue weighted by Crippen LogP contribution is 2.23. The lowest BCUT2D eigenvalue weighted by molar-refractivity contribution is 0.0600. The van der Waals surface area contributed by atoms with Crippen molar-refractivity contribution in [1.29, 1.82) is 0 Å². The maximum absolute atomic E-state index is 12.2. The van der Waals surface area contributed by atoms with Crippen LogP contribution >= 0.6 is 11.8 Å². The molecule has 0 fully saturated rings. The van der Waals surface area contributed by atoms with E-state index < -0.39 is 5.97 Å². The molecule has 1 aliphatic rings. The number of aryl methyl sites for hydroxylation is 1. The van der Waals surface area contributed by atoms with Crippen LogP contribution in [0.2, 0.25) is 0 Å². The quantitative estimate of drug-likeness (QED) is 0.834. The van der Waals surface area contributed by atoms with Gasteiger partial charge in [0.1, 0.15) is 0 Å². The van der Waals surface area contributed by atoms with Crippen molar-refractivity contribution in [1.82, 2.24) is 10.6 Å². The molecule has 1 heterocycles. The minimum atomic E-state index is -0.409. The molecule has 0 radical (unpaired) electrons. The number of nitrogens with one attached hydrogen (secondary N) is 2. The predicted octanol–water partition coefficient (Wildman–Crippen LogP) is 1.99. The second-order valence-electron chi connectivity index (χ2n) is 4.41. The molecule has 2 N–H and O–H groups in total. The maximum atomic E-state index is 12.2. The smallest absolute Gasteiger partial charge is 0.337 e. The number of ether oxygens (including phenoxy) is 1. The second-order valence-corrected chi connectivity index (χ2v) is 5.77. The Balaban J connectivity index is 2.09. The molecule has 1 aliphatic heterocycles. The average Bonchev–Trinajstić information content (AvgIpc) is 2.82. The number of hydrogen-bond acceptors (Lipinski definition) is 5. The second kappa shape index (κ2) is 6.00. The van der Waals surface area contributed by atoms with E-state index in [0.29, 0.717) is 11.1 Å². The molecule has 0 saturated carbocycles. The highest BCUT2D eigenvalue weighted by Gasteiger charge is 2.19. The summed E-state index contributed by atoms with van der Waals surface area (Å²) in [6, 6.07) is 4.88. The van der Waals surface area contributed by atoms with Crippen LogP contribution in [0.25, 0.3) is 0 Å². The highest BCUT2D eigenvalue weighted by atomic mass is 32.2. The van der Waals surface area contributed by atoms with Crippen molar-refractivity contribution in [3.05, 3.63) is 46.0 Å². The summed E-state index contributed by atoms with van der Waals surface area (Å²) < 4.78 is 4.65. The van der Waals surface area contributed by atoms with Crippen LogP contribution in [0.15, 0.2) is 29.3 Å². The van der Waals surface area contributed by atoms with Crippen molar-refractivity contribution >= 4 is 23.6 Å². The van der Waals surface area contributed by atoms with Gasteiger partial charge in [0.15, 0.2) is 5.50 Å². The van der Waals surface area contributed by atoms with E-state index in [1.54, 1.807) is 36.9 Å². The van der Waals surface area contributed by atoms with Crippen LogP contribution in [0.5, 0.6) is 0 Å². The first-order valence-corrected chi connectivity index (χ1v) is 6.98. The molecule has 1 aromatic rings. The number of hydrogen-bond donors (Lipinski definition) is 2. The molecular weight excluding hydrogens is 276 g/mol. The summed E-state index contributed by atoms with van der Waals surface area (Å²) in [6.45, 7) is 3.76. The molecule has 6 heteroatoms.